The molecule has 0 fully saturated rings. The number of benzene rings is 1. The zero-order valence-corrected chi connectivity index (χ0v) is 15.1. The number of rotatable bonds is 4. The first-order chi connectivity index (χ1) is 12.0. The molecule has 0 spiro atoms. The van der Waals surface area contributed by atoms with Crippen LogP contribution in [-0.2, 0) is 13.0 Å². The van der Waals surface area contributed by atoms with Gasteiger partial charge in [-0.15, -0.1) is 0 Å². The van der Waals surface area contributed by atoms with Crippen LogP contribution in [0.4, 0.5) is 5.69 Å². The lowest BCUT2D eigenvalue weighted by Gasteiger charge is -2.17. The molecule has 1 aromatic heterocycles. The van der Waals surface area contributed by atoms with Crippen LogP contribution in [0.25, 0.3) is 0 Å². The molecular weight excluding hydrogens is 340 g/mol. The average molecular weight is 361 g/mol. The van der Waals surface area contributed by atoms with Crippen LogP contribution in [0.2, 0.25) is 5.02 Å². The zero-order chi connectivity index (χ0) is 18.0. The van der Waals surface area contributed by atoms with Gasteiger partial charge in [0.2, 0.25) is 0 Å². The highest BCUT2D eigenvalue weighted by molar-refractivity contribution is 6.33. The number of hydrogen-bond donors (Lipinski definition) is 2. The molecule has 0 radical (unpaired) electrons. The lowest BCUT2D eigenvalue weighted by atomic mass is 10.1. The molecule has 1 aliphatic rings. The van der Waals surface area contributed by atoms with Crippen LogP contribution in [0, 0.1) is 0 Å². The van der Waals surface area contributed by atoms with Crippen molar-refractivity contribution in [3.63, 3.8) is 0 Å². The lowest BCUT2D eigenvalue weighted by Crippen LogP contribution is -2.33. The second-order valence-corrected chi connectivity index (χ2v) is 6.81. The highest BCUT2D eigenvalue weighted by Gasteiger charge is 2.27. The third-order valence-electron chi connectivity index (χ3n) is 4.08. The lowest BCUT2D eigenvalue weighted by molar-refractivity contribution is 0.0927. The molecule has 132 valence electrons. The van der Waals surface area contributed by atoms with Crippen molar-refractivity contribution in [2.45, 2.75) is 45.7 Å². The number of carbonyl (C=O) groups is 2. The number of para-hydroxylation sites is 1. The van der Waals surface area contributed by atoms with E-state index < -0.39 is 0 Å². The van der Waals surface area contributed by atoms with Crippen LogP contribution in [0.15, 0.2) is 24.3 Å². The summed E-state index contributed by atoms with van der Waals surface area (Å²) < 4.78 is 1.86. The molecule has 6 nitrogen and oxygen atoms in total. The largest absolute Gasteiger partial charge is 0.347 e. The van der Waals surface area contributed by atoms with Gasteiger partial charge in [0.05, 0.1) is 16.4 Å². The normalized spacial score (nSPS) is 13.4. The maximum absolute atomic E-state index is 12.7. The van der Waals surface area contributed by atoms with E-state index in [9.17, 15) is 9.59 Å². The Hall–Kier alpha value is -2.34. The second kappa shape index (κ2) is 7.27. The number of imidazole rings is 1. The summed E-state index contributed by atoms with van der Waals surface area (Å²) >= 11 is 6.11. The molecule has 1 aliphatic heterocycles. The molecule has 3 rings (SSSR count). The molecule has 2 amide bonds. The van der Waals surface area contributed by atoms with Gasteiger partial charge in [-0.1, -0.05) is 23.7 Å². The smallest absolute Gasteiger partial charge is 0.287 e. The first-order valence-corrected chi connectivity index (χ1v) is 8.81. The minimum atomic E-state index is -0.345. The van der Waals surface area contributed by atoms with Crippen molar-refractivity contribution in [1.82, 2.24) is 14.9 Å². The van der Waals surface area contributed by atoms with Crippen LogP contribution >= 0.6 is 11.6 Å². The van der Waals surface area contributed by atoms with Crippen molar-refractivity contribution in [3.05, 3.63) is 46.5 Å². The highest BCUT2D eigenvalue weighted by atomic mass is 35.5. The quantitative estimate of drug-likeness (QED) is 0.878. The van der Waals surface area contributed by atoms with E-state index in [1.165, 1.54) is 0 Å². The molecule has 2 N–H and O–H groups in total. The molecule has 0 bridgehead atoms. The molecule has 0 saturated heterocycles. The Labute approximate surface area is 151 Å². The number of nitrogens with zero attached hydrogens (tertiary/aromatic N) is 2. The summed E-state index contributed by atoms with van der Waals surface area (Å²) in [6.07, 6.45) is 2.67. The summed E-state index contributed by atoms with van der Waals surface area (Å²) in [6, 6.07) is 7.04. The predicted molar refractivity (Wildman–Crippen MR) is 97.2 cm³/mol. The fourth-order valence-electron chi connectivity index (χ4n) is 2.97. The number of hydrogen-bond acceptors (Lipinski definition) is 3. The van der Waals surface area contributed by atoms with E-state index in [4.69, 9.17) is 11.6 Å². The van der Waals surface area contributed by atoms with Crippen LogP contribution in [0.1, 0.15) is 53.5 Å². The van der Waals surface area contributed by atoms with E-state index in [-0.39, 0.29) is 17.9 Å². The molecule has 7 heteroatoms. The summed E-state index contributed by atoms with van der Waals surface area (Å²) in [7, 11) is 0. The van der Waals surface area contributed by atoms with Crippen LogP contribution < -0.4 is 10.6 Å². The van der Waals surface area contributed by atoms with Gasteiger partial charge in [-0.2, -0.15) is 0 Å². The summed E-state index contributed by atoms with van der Waals surface area (Å²) in [6.45, 7) is 4.48. The fraction of sp³-hybridized carbons (Fsp3) is 0.389. The Morgan fingerprint density at radius 2 is 1.96 bits per heavy atom. The number of nitrogens with one attached hydrogen (secondary N) is 2. The van der Waals surface area contributed by atoms with Crippen molar-refractivity contribution in [2.75, 3.05) is 5.32 Å². The van der Waals surface area contributed by atoms with Gasteiger partial charge in [-0.3, -0.25) is 9.59 Å². The standard InChI is InChI=1S/C18H21ClN4O2/c1-11(2)20-18(25)16-22-15(14-9-5-6-10-23(14)16)17(24)21-13-8-4-3-7-12(13)19/h3-4,7-8,11H,5-6,9-10H2,1-2H3,(H,20,25)(H,21,24). The summed E-state index contributed by atoms with van der Waals surface area (Å²) in [5.74, 6) is -0.301. The average Bonchev–Trinajstić information content (AvgIpc) is 2.96. The van der Waals surface area contributed by atoms with Gasteiger partial charge in [0.1, 0.15) is 0 Å². The third-order valence-corrected chi connectivity index (χ3v) is 4.41. The molecule has 2 aromatic rings. The fourth-order valence-corrected chi connectivity index (χ4v) is 3.15. The summed E-state index contributed by atoms with van der Waals surface area (Å²) in [5, 5.41) is 6.10. The minimum absolute atomic E-state index is 0.00411. The molecule has 0 aliphatic carbocycles. The van der Waals surface area contributed by atoms with Gasteiger partial charge in [0.15, 0.2) is 11.5 Å². The van der Waals surface area contributed by atoms with Crippen LogP contribution in [-0.4, -0.2) is 27.4 Å². The summed E-state index contributed by atoms with van der Waals surface area (Å²) in [4.78, 5) is 29.5. The molecule has 0 saturated carbocycles. The molecule has 2 heterocycles. The Balaban J connectivity index is 1.93. The number of fused-ring (bicyclic) bond motifs is 1. The molecule has 25 heavy (non-hydrogen) atoms. The Morgan fingerprint density at radius 1 is 1.20 bits per heavy atom. The SMILES string of the molecule is CC(C)NC(=O)c1nc(C(=O)Nc2ccccc2Cl)c2n1CCCC2. The second-order valence-electron chi connectivity index (χ2n) is 6.40. The van der Waals surface area contributed by atoms with Crippen molar-refractivity contribution in [2.24, 2.45) is 0 Å². The van der Waals surface area contributed by atoms with Crippen molar-refractivity contribution >= 4 is 29.1 Å². The number of aromatic nitrogens is 2. The maximum atomic E-state index is 12.7. The van der Waals surface area contributed by atoms with Gasteiger partial charge >= 0.3 is 0 Å². The zero-order valence-electron chi connectivity index (χ0n) is 14.3. The summed E-state index contributed by atoms with van der Waals surface area (Å²) in [5.41, 5.74) is 1.64. The van der Waals surface area contributed by atoms with Crippen LogP contribution in [0.3, 0.4) is 0 Å². The van der Waals surface area contributed by atoms with Gasteiger partial charge in [0, 0.05) is 12.6 Å². The van der Waals surface area contributed by atoms with E-state index in [1.54, 1.807) is 24.3 Å². The Morgan fingerprint density at radius 3 is 2.68 bits per heavy atom. The van der Waals surface area contributed by atoms with E-state index in [1.807, 2.05) is 18.4 Å². The number of carbonyl (C=O) groups excluding carboxylic acids is 2. The maximum Gasteiger partial charge on any atom is 0.287 e. The molecule has 1 aromatic carbocycles. The third kappa shape index (κ3) is 3.69. The Bertz CT molecular complexity index is 813. The van der Waals surface area contributed by atoms with Crippen molar-refractivity contribution < 1.29 is 9.59 Å². The first kappa shape index (κ1) is 17.5. The molecule has 0 unspecified atom stereocenters. The monoisotopic (exact) mass is 360 g/mol. The van der Waals surface area contributed by atoms with Crippen LogP contribution in [0.5, 0.6) is 0 Å². The minimum Gasteiger partial charge on any atom is -0.347 e. The number of amides is 2. The van der Waals surface area contributed by atoms with Gasteiger partial charge in [-0.25, -0.2) is 4.98 Å². The topological polar surface area (TPSA) is 76.0 Å². The molecule has 0 atom stereocenters. The number of halogens is 1. The van der Waals surface area contributed by atoms with E-state index in [0.29, 0.717) is 28.8 Å². The van der Waals surface area contributed by atoms with Crippen molar-refractivity contribution in [3.8, 4) is 0 Å². The van der Waals surface area contributed by atoms with Gasteiger partial charge in [-0.05, 0) is 45.2 Å². The van der Waals surface area contributed by atoms with E-state index >= 15 is 0 Å². The predicted octanol–water partition coefficient (Wildman–Crippen LogP) is 3.26. The highest BCUT2D eigenvalue weighted by Crippen LogP contribution is 2.24. The van der Waals surface area contributed by atoms with Crippen molar-refractivity contribution in [1.29, 1.82) is 0 Å². The number of anilines is 1. The first-order valence-electron chi connectivity index (χ1n) is 8.43. The van der Waals surface area contributed by atoms with Gasteiger partial charge < -0.3 is 15.2 Å². The Kier molecular flexibility index (Phi) is 5.08. The van der Waals surface area contributed by atoms with E-state index in [2.05, 4.69) is 15.6 Å². The van der Waals surface area contributed by atoms with E-state index in [0.717, 1.165) is 25.0 Å². The molecular formula is C18H21ClN4O2. The van der Waals surface area contributed by atoms with Gasteiger partial charge in [0.25, 0.3) is 11.8 Å².